The zero-order valence-electron chi connectivity index (χ0n) is 29.2. The maximum absolute atomic E-state index is 2.48. The first-order chi connectivity index (χ1) is 26.3. The minimum absolute atomic E-state index is 1.10. The molecule has 0 unspecified atom stereocenters. The quantitative estimate of drug-likeness (QED) is 0.159. The van der Waals surface area contributed by atoms with Crippen molar-refractivity contribution in [2.24, 2.45) is 0 Å². The number of rotatable bonds is 6. The van der Waals surface area contributed by atoms with E-state index in [-0.39, 0.29) is 0 Å². The third-order valence-electron chi connectivity index (χ3n) is 10.6. The first-order valence-electron chi connectivity index (χ1n) is 18.3. The van der Waals surface area contributed by atoms with E-state index in [2.05, 4.69) is 217 Å². The van der Waals surface area contributed by atoms with Crippen LogP contribution >= 0.6 is 0 Å². The van der Waals surface area contributed by atoms with Crippen molar-refractivity contribution in [3.63, 3.8) is 0 Å². The molecule has 0 spiro atoms. The van der Waals surface area contributed by atoms with Crippen molar-refractivity contribution in [3.05, 3.63) is 212 Å². The number of anilines is 3. The molecule has 0 aliphatic carbocycles. The molecule has 10 aromatic rings. The van der Waals surface area contributed by atoms with Gasteiger partial charge in [0, 0.05) is 16.6 Å². The maximum Gasteiger partial charge on any atom is 0.0546 e. The van der Waals surface area contributed by atoms with E-state index < -0.39 is 0 Å². The van der Waals surface area contributed by atoms with Crippen molar-refractivity contribution < 1.29 is 0 Å². The molecule has 0 amide bonds. The second-order valence-electron chi connectivity index (χ2n) is 13.7. The molecule has 0 fully saturated rings. The Hall–Kier alpha value is -6.96. The zero-order valence-corrected chi connectivity index (χ0v) is 29.2. The lowest BCUT2D eigenvalue weighted by atomic mass is 9.91. The van der Waals surface area contributed by atoms with E-state index in [1.807, 2.05) is 0 Å². The Morgan fingerprint density at radius 2 is 0.811 bits per heavy atom. The SMILES string of the molecule is c1ccc(-c2ccc(-c3cc4ccccc4c4ccccc34)cc2N(c2cccc(-c3cccc4ccccc34)c2)c2cccc3ccccc23)cc1. The molecule has 10 rings (SSSR count). The van der Waals surface area contributed by atoms with Crippen molar-refractivity contribution in [2.75, 3.05) is 4.90 Å². The lowest BCUT2D eigenvalue weighted by molar-refractivity contribution is 1.30. The summed E-state index contributed by atoms with van der Waals surface area (Å²) in [4.78, 5) is 2.48. The summed E-state index contributed by atoms with van der Waals surface area (Å²) in [5, 5.41) is 9.92. The highest BCUT2D eigenvalue weighted by Crippen LogP contribution is 2.47. The molecule has 0 saturated carbocycles. The largest absolute Gasteiger partial charge is 0.309 e. The number of fused-ring (bicyclic) bond motifs is 5. The molecule has 0 aliphatic rings. The summed E-state index contributed by atoms with van der Waals surface area (Å²) in [6.07, 6.45) is 0. The van der Waals surface area contributed by atoms with Gasteiger partial charge in [0.1, 0.15) is 0 Å². The van der Waals surface area contributed by atoms with Gasteiger partial charge < -0.3 is 4.90 Å². The van der Waals surface area contributed by atoms with Gasteiger partial charge in [-0.05, 0) is 95.9 Å². The van der Waals surface area contributed by atoms with E-state index in [0.717, 1.165) is 17.1 Å². The van der Waals surface area contributed by atoms with Crippen LogP contribution in [0.25, 0.3) is 76.5 Å². The van der Waals surface area contributed by atoms with Gasteiger partial charge >= 0.3 is 0 Å². The monoisotopic (exact) mass is 673 g/mol. The van der Waals surface area contributed by atoms with E-state index in [1.165, 1.54) is 76.5 Å². The fraction of sp³-hybridized carbons (Fsp3) is 0. The molecular formula is C52H35N. The van der Waals surface area contributed by atoms with Gasteiger partial charge in [0.2, 0.25) is 0 Å². The van der Waals surface area contributed by atoms with Gasteiger partial charge in [-0.3, -0.25) is 0 Å². The topological polar surface area (TPSA) is 3.24 Å². The predicted octanol–water partition coefficient (Wildman–Crippen LogP) is 14.8. The number of hydrogen-bond acceptors (Lipinski definition) is 1. The molecule has 0 atom stereocenters. The van der Waals surface area contributed by atoms with Crippen LogP contribution < -0.4 is 4.90 Å². The molecule has 0 radical (unpaired) electrons. The summed E-state index contributed by atoms with van der Waals surface area (Å²) >= 11 is 0. The Morgan fingerprint density at radius 3 is 1.62 bits per heavy atom. The van der Waals surface area contributed by atoms with Gasteiger partial charge in [-0.1, -0.05) is 182 Å². The third-order valence-corrected chi connectivity index (χ3v) is 10.6. The van der Waals surface area contributed by atoms with Crippen molar-refractivity contribution in [1.29, 1.82) is 0 Å². The van der Waals surface area contributed by atoms with E-state index in [9.17, 15) is 0 Å². The van der Waals surface area contributed by atoms with Gasteiger partial charge in [-0.25, -0.2) is 0 Å². The summed E-state index contributed by atoms with van der Waals surface area (Å²) in [6.45, 7) is 0. The molecule has 0 aromatic heterocycles. The van der Waals surface area contributed by atoms with E-state index >= 15 is 0 Å². The average molecular weight is 674 g/mol. The second-order valence-corrected chi connectivity index (χ2v) is 13.7. The van der Waals surface area contributed by atoms with Crippen LogP contribution in [-0.4, -0.2) is 0 Å². The van der Waals surface area contributed by atoms with Crippen LogP contribution in [-0.2, 0) is 0 Å². The molecule has 1 nitrogen and oxygen atoms in total. The fourth-order valence-electron chi connectivity index (χ4n) is 8.14. The molecule has 0 aliphatic heterocycles. The Labute approximate surface area is 309 Å². The fourth-order valence-corrected chi connectivity index (χ4v) is 8.14. The Kier molecular flexibility index (Phi) is 7.55. The summed E-state index contributed by atoms with van der Waals surface area (Å²) < 4.78 is 0. The summed E-state index contributed by atoms with van der Waals surface area (Å²) in [6, 6.07) is 77.4. The zero-order chi connectivity index (χ0) is 35.1. The standard InChI is InChI=1S/C52H35N/c1-2-15-37(16-3-1)47-32-31-41(50-34-40-19-6-8-25-45(40)48-27-10-11-28-49(48)50)35-52(47)53(51-30-14-21-38-18-5-9-26-46(38)51)42-23-12-22-39(33-42)44-29-13-20-36-17-4-7-24-43(36)44/h1-35H. The van der Waals surface area contributed by atoms with Crippen molar-refractivity contribution in [3.8, 4) is 33.4 Å². The lowest BCUT2D eigenvalue weighted by Crippen LogP contribution is -2.12. The predicted molar refractivity (Wildman–Crippen MR) is 227 cm³/mol. The molecule has 0 bridgehead atoms. The van der Waals surface area contributed by atoms with Crippen molar-refractivity contribution in [1.82, 2.24) is 0 Å². The van der Waals surface area contributed by atoms with Crippen LogP contribution in [0.4, 0.5) is 17.1 Å². The van der Waals surface area contributed by atoms with E-state index in [0.29, 0.717) is 0 Å². The van der Waals surface area contributed by atoms with Crippen LogP contribution in [0.2, 0.25) is 0 Å². The molecule has 1 heteroatoms. The summed E-state index contributed by atoms with van der Waals surface area (Å²) in [5.74, 6) is 0. The normalized spacial score (nSPS) is 11.4. The van der Waals surface area contributed by atoms with Crippen LogP contribution in [0.3, 0.4) is 0 Å². The molecule has 0 saturated heterocycles. The Bertz CT molecular complexity index is 2950. The molecule has 248 valence electrons. The molecule has 10 aromatic carbocycles. The van der Waals surface area contributed by atoms with Gasteiger partial charge in [0.05, 0.1) is 11.4 Å². The highest BCUT2D eigenvalue weighted by atomic mass is 15.1. The highest BCUT2D eigenvalue weighted by molar-refractivity contribution is 6.14. The average Bonchev–Trinajstić information content (AvgIpc) is 3.24. The van der Waals surface area contributed by atoms with E-state index in [1.54, 1.807) is 0 Å². The first kappa shape index (κ1) is 30.8. The van der Waals surface area contributed by atoms with Gasteiger partial charge in [-0.15, -0.1) is 0 Å². The summed E-state index contributed by atoms with van der Waals surface area (Å²) in [5.41, 5.74) is 10.5. The van der Waals surface area contributed by atoms with Crippen molar-refractivity contribution >= 4 is 60.2 Å². The Morgan fingerprint density at radius 1 is 0.245 bits per heavy atom. The third kappa shape index (κ3) is 5.42. The van der Waals surface area contributed by atoms with Crippen molar-refractivity contribution in [2.45, 2.75) is 0 Å². The number of hydrogen-bond donors (Lipinski definition) is 0. The van der Waals surface area contributed by atoms with E-state index in [4.69, 9.17) is 0 Å². The first-order valence-corrected chi connectivity index (χ1v) is 18.3. The lowest BCUT2D eigenvalue weighted by Gasteiger charge is -2.30. The molecule has 0 heterocycles. The molecular weight excluding hydrogens is 639 g/mol. The summed E-state index contributed by atoms with van der Waals surface area (Å²) in [7, 11) is 0. The van der Waals surface area contributed by atoms with Crippen LogP contribution in [0.1, 0.15) is 0 Å². The Balaban J connectivity index is 1.27. The second kappa shape index (κ2) is 13.0. The maximum atomic E-state index is 2.48. The minimum Gasteiger partial charge on any atom is -0.309 e. The molecule has 0 N–H and O–H groups in total. The smallest absolute Gasteiger partial charge is 0.0546 e. The minimum atomic E-state index is 1.10. The van der Waals surface area contributed by atoms with Gasteiger partial charge in [0.15, 0.2) is 0 Å². The molecule has 53 heavy (non-hydrogen) atoms. The number of benzene rings is 10. The number of nitrogens with zero attached hydrogens (tertiary/aromatic N) is 1. The van der Waals surface area contributed by atoms with Gasteiger partial charge in [-0.2, -0.15) is 0 Å². The van der Waals surface area contributed by atoms with Crippen LogP contribution in [0.5, 0.6) is 0 Å². The van der Waals surface area contributed by atoms with Crippen LogP contribution in [0, 0.1) is 0 Å². The van der Waals surface area contributed by atoms with Crippen LogP contribution in [0.15, 0.2) is 212 Å². The highest BCUT2D eigenvalue weighted by Gasteiger charge is 2.22. The van der Waals surface area contributed by atoms with Gasteiger partial charge in [0.25, 0.3) is 0 Å².